The van der Waals surface area contributed by atoms with E-state index < -0.39 is 5.97 Å². The molecule has 0 N–H and O–H groups in total. The van der Waals surface area contributed by atoms with Gasteiger partial charge in [0.25, 0.3) is 0 Å². The summed E-state index contributed by atoms with van der Waals surface area (Å²) in [7, 11) is 1.81. The van der Waals surface area contributed by atoms with Crippen LogP contribution >= 0.6 is 11.3 Å². The minimum Gasteiger partial charge on any atom is -0.461 e. The monoisotopic (exact) mass is 293 g/mol. The molecule has 0 aliphatic rings. The Kier molecular flexibility index (Phi) is 3.99. The van der Waals surface area contributed by atoms with Crippen molar-refractivity contribution in [2.24, 2.45) is 7.05 Å². The average Bonchev–Trinajstić information content (AvgIpc) is 2.93. The Bertz CT molecular complexity index is 672. The van der Waals surface area contributed by atoms with Gasteiger partial charge >= 0.3 is 5.97 Å². The first-order chi connectivity index (χ1) is 9.43. The van der Waals surface area contributed by atoms with Gasteiger partial charge in [-0.25, -0.2) is 9.78 Å². The van der Waals surface area contributed by atoms with Crippen molar-refractivity contribution in [3.05, 3.63) is 22.5 Å². The molecule has 2 aromatic rings. The summed E-state index contributed by atoms with van der Waals surface area (Å²) in [6.45, 7) is 5.23. The third-order valence-corrected chi connectivity index (χ3v) is 3.85. The fraction of sp³-hybridized carbons (Fsp3) is 0.385. The van der Waals surface area contributed by atoms with Crippen LogP contribution in [-0.2, 0) is 11.8 Å². The van der Waals surface area contributed by atoms with Crippen LogP contribution < -0.4 is 0 Å². The van der Waals surface area contributed by atoms with Crippen molar-refractivity contribution >= 4 is 23.1 Å². The maximum Gasteiger partial charge on any atom is 0.358 e. The Balaban J connectivity index is 2.52. The van der Waals surface area contributed by atoms with Crippen molar-refractivity contribution in [1.29, 1.82) is 0 Å². The zero-order valence-corrected chi connectivity index (χ0v) is 12.6. The molecule has 106 valence electrons. The quantitative estimate of drug-likeness (QED) is 0.638. The Morgan fingerprint density at radius 1 is 1.45 bits per heavy atom. The van der Waals surface area contributed by atoms with Crippen molar-refractivity contribution in [2.75, 3.05) is 6.61 Å². The van der Waals surface area contributed by atoms with Gasteiger partial charge in [-0.3, -0.25) is 9.48 Å². The molecule has 0 spiro atoms. The third kappa shape index (κ3) is 2.62. The molecule has 0 aliphatic carbocycles. The molecule has 0 atom stereocenters. The summed E-state index contributed by atoms with van der Waals surface area (Å²) >= 11 is 1.19. The molecule has 7 heteroatoms. The highest BCUT2D eigenvalue weighted by molar-refractivity contribution is 7.17. The molecule has 2 heterocycles. The number of esters is 1. The molecule has 0 aromatic carbocycles. The predicted molar refractivity (Wildman–Crippen MR) is 75.0 cm³/mol. The van der Waals surface area contributed by atoms with Crippen LogP contribution in [0, 0.1) is 6.92 Å². The van der Waals surface area contributed by atoms with E-state index in [1.807, 2.05) is 20.2 Å². The maximum atomic E-state index is 11.9. The summed E-state index contributed by atoms with van der Waals surface area (Å²) in [5.74, 6) is -0.764. The molecular weight excluding hydrogens is 278 g/mol. The van der Waals surface area contributed by atoms with E-state index in [1.165, 1.54) is 18.3 Å². The van der Waals surface area contributed by atoms with Crippen LogP contribution in [0.4, 0.5) is 0 Å². The first kappa shape index (κ1) is 14.4. The SMILES string of the molecule is CCOC(=O)c1nc(-c2cn(C)nc2C)sc1C(C)=O. The zero-order valence-electron chi connectivity index (χ0n) is 11.8. The first-order valence-corrected chi connectivity index (χ1v) is 6.95. The highest BCUT2D eigenvalue weighted by Crippen LogP contribution is 2.30. The molecule has 20 heavy (non-hydrogen) atoms. The number of nitrogens with zero attached hydrogens (tertiary/aromatic N) is 3. The Morgan fingerprint density at radius 3 is 2.65 bits per heavy atom. The van der Waals surface area contributed by atoms with Gasteiger partial charge in [-0.1, -0.05) is 0 Å². The lowest BCUT2D eigenvalue weighted by molar-refractivity contribution is 0.0517. The molecule has 0 bridgehead atoms. The lowest BCUT2D eigenvalue weighted by atomic mass is 10.2. The fourth-order valence-corrected chi connectivity index (χ4v) is 2.83. The van der Waals surface area contributed by atoms with Crippen LogP contribution in [0.5, 0.6) is 0 Å². The summed E-state index contributed by atoms with van der Waals surface area (Å²) in [5, 5.41) is 4.84. The van der Waals surface area contributed by atoms with Gasteiger partial charge < -0.3 is 4.74 Å². The number of hydrogen-bond acceptors (Lipinski definition) is 6. The van der Waals surface area contributed by atoms with Crippen LogP contribution in [0.3, 0.4) is 0 Å². The number of carbonyl (C=O) groups excluding carboxylic acids is 2. The predicted octanol–water partition coefficient (Wildman–Crippen LogP) is 2.23. The number of ether oxygens (including phenoxy) is 1. The minimum atomic E-state index is -0.568. The molecule has 0 fully saturated rings. The summed E-state index contributed by atoms with van der Waals surface area (Å²) in [4.78, 5) is 28.1. The molecule has 6 nitrogen and oxygen atoms in total. The fourth-order valence-electron chi connectivity index (χ4n) is 1.82. The van der Waals surface area contributed by atoms with Gasteiger partial charge in [0.2, 0.25) is 0 Å². The minimum absolute atomic E-state index is 0.0857. The summed E-state index contributed by atoms with van der Waals surface area (Å²) in [6.07, 6.45) is 1.81. The number of hydrogen-bond donors (Lipinski definition) is 0. The topological polar surface area (TPSA) is 74.1 Å². The number of carbonyl (C=O) groups is 2. The lowest BCUT2D eigenvalue weighted by Crippen LogP contribution is -2.09. The molecule has 0 unspecified atom stereocenters. The van der Waals surface area contributed by atoms with E-state index in [9.17, 15) is 9.59 Å². The second-order valence-corrected chi connectivity index (χ2v) is 5.27. The van der Waals surface area contributed by atoms with Crippen molar-refractivity contribution in [1.82, 2.24) is 14.8 Å². The second kappa shape index (κ2) is 5.54. The summed E-state index contributed by atoms with van der Waals surface area (Å²) in [5.41, 5.74) is 1.70. The average molecular weight is 293 g/mol. The van der Waals surface area contributed by atoms with Gasteiger partial charge in [-0.05, 0) is 13.8 Å². The van der Waals surface area contributed by atoms with Crippen LogP contribution in [0.25, 0.3) is 10.6 Å². The first-order valence-electron chi connectivity index (χ1n) is 6.13. The lowest BCUT2D eigenvalue weighted by Gasteiger charge is -1.98. The van der Waals surface area contributed by atoms with E-state index in [0.717, 1.165) is 11.3 Å². The number of rotatable bonds is 4. The zero-order chi connectivity index (χ0) is 14.9. The van der Waals surface area contributed by atoms with Crippen molar-refractivity contribution in [3.63, 3.8) is 0 Å². The molecule has 0 saturated heterocycles. The molecule has 0 saturated carbocycles. The largest absolute Gasteiger partial charge is 0.461 e. The number of Topliss-reactive ketones (excluding diaryl/α,β-unsaturated/α-hetero) is 1. The maximum absolute atomic E-state index is 11.9. The molecule has 2 rings (SSSR count). The van der Waals surface area contributed by atoms with E-state index in [1.54, 1.807) is 11.6 Å². The van der Waals surface area contributed by atoms with Crippen molar-refractivity contribution in [3.8, 4) is 10.6 Å². The van der Waals surface area contributed by atoms with Crippen LogP contribution in [0.15, 0.2) is 6.20 Å². The number of aryl methyl sites for hydroxylation is 2. The molecule has 2 aromatic heterocycles. The Hall–Kier alpha value is -2.02. The van der Waals surface area contributed by atoms with Gasteiger partial charge in [0, 0.05) is 20.2 Å². The van der Waals surface area contributed by atoms with E-state index in [2.05, 4.69) is 10.1 Å². The van der Waals surface area contributed by atoms with E-state index in [0.29, 0.717) is 9.88 Å². The van der Waals surface area contributed by atoms with Gasteiger partial charge in [0.1, 0.15) is 9.88 Å². The second-order valence-electron chi connectivity index (χ2n) is 4.28. The molecule has 0 radical (unpaired) electrons. The van der Waals surface area contributed by atoms with Gasteiger partial charge in [-0.15, -0.1) is 11.3 Å². The van der Waals surface area contributed by atoms with Crippen LogP contribution in [0.2, 0.25) is 0 Å². The van der Waals surface area contributed by atoms with E-state index in [-0.39, 0.29) is 18.1 Å². The van der Waals surface area contributed by atoms with Crippen molar-refractivity contribution < 1.29 is 14.3 Å². The summed E-state index contributed by atoms with van der Waals surface area (Å²) in [6, 6.07) is 0. The van der Waals surface area contributed by atoms with Crippen molar-refractivity contribution in [2.45, 2.75) is 20.8 Å². The van der Waals surface area contributed by atoms with E-state index >= 15 is 0 Å². The molecule has 0 aliphatic heterocycles. The standard InChI is InChI=1S/C13H15N3O3S/c1-5-19-13(18)10-11(8(3)17)20-12(14-10)9-6-16(4)15-7(9)2/h6H,5H2,1-4H3. The Morgan fingerprint density at radius 2 is 2.15 bits per heavy atom. The van der Waals surface area contributed by atoms with Crippen LogP contribution in [0.1, 0.15) is 39.7 Å². The highest BCUT2D eigenvalue weighted by Gasteiger charge is 2.24. The smallest absolute Gasteiger partial charge is 0.358 e. The van der Waals surface area contributed by atoms with Gasteiger partial charge in [-0.2, -0.15) is 5.10 Å². The molecule has 0 amide bonds. The van der Waals surface area contributed by atoms with Crippen LogP contribution in [-0.4, -0.2) is 33.1 Å². The number of aromatic nitrogens is 3. The Labute approximate surface area is 120 Å². The van der Waals surface area contributed by atoms with Gasteiger partial charge in [0.15, 0.2) is 11.5 Å². The highest BCUT2D eigenvalue weighted by atomic mass is 32.1. The molecular formula is C13H15N3O3S. The normalized spacial score (nSPS) is 10.6. The third-order valence-electron chi connectivity index (χ3n) is 2.66. The summed E-state index contributed by atoms with van der Waals surface area (Å²) < 4.78 is 6.61. The number of ketones is 1. The number of thiazole rings is 1. The van der Waals surface area contributed by atoms with Gasteiger partial charge in [0.05, 0.1) is 17.9 Å². The van der Waals surface area contributed by atoms with E-state index in [4.69, 9.17) is 4.74 Å².